The van der Waals surface area contributed by atoms with Gasteiger partial charge in [-0.2, -0.15) is 0 Å². The van der Waals surface area contributed by atoms with Crippen molar-refractivity contribution in [3.63, 3.8) is 0 Å². The lowest BCUT2D eigenvalue weighted by atomic mass is 10.4. The van der Waals surface area contributed by atoms with Crippen LogP contribution in [0.2, 0.25) is 10.0 Å². The molecule has 0 aromatic heterocycles. The van der Waals surface area contributed by atoms with Crippen molar-refractivity contribution < 1.29 is 8.98 Å². The van der Waals surface area contributed by atoms with Gasteiger partial charge in [0.05, 0.1) is 12.0 Å². The predicted octanol–water partition coefficient (Wildman–Crippen LogP) is 5.72. The molecule has 0 heterocycles. The van der Waals surface area contributed by atoms with Crippen LogP contribution in [0.1, 0.15) is 6.92 Å². The lowest BCUT2D eigenvalue weighted by Gasteiger charge is -2.10. The molecule has 0 saturated carbocycles. The summed E-state index contributed by atoms with van der Waals surface area (Å²) in [5, 5.41) is 1.02. The molecular formula is C15H12Cl2O2S2. The lowest BCUT2D eigenvalue weighted by Crippen LogP contribution is -2.13. The Morgan fingerprint density at radius 3 is 1.95 bits per heavy atom. The number of carbonyl (C=O) groups is 1. The Morgan fingerprint density at radius 1 is 0.952 bits per heavy atom. The highest BCUT2D eigenvalue weighted by molar-refractivity contribution is 8.00. The van der Waals surface area contributed by atoms with E-state index in [1.54, 1.807) is 36.4 Å². The van der Waals surface area contributed by atoms with Crippen molar-refractivity contribution in [1.29, 1.82) is 0 Å². The number of hydrogen-bond acceptors (Lipinski definition) is 4. The number of benzene rings is 2. The van der Waals surface area contributed by atoms with E-state index >= 15 is 0 Å². The Morgan fingerprint density at radius 2 is 1.43 bits per heavy atom. The van der Waals surface area contributed by atoms with Crippen LogP contribution in [-0.2, 0) is 8.98 Å². The summed E-state index contributed by atoms with van der Waals surface area (Å²) in [6.45, 7) is 1.81. The molecule has 21 heavy (non-hydrogen) atoms. The number of carbonyl (C=O) groups excluding carboxylic acids is 1. The van der Waals surface area contributed by atoms with Crippen LogP contribution < -0.4 is 0 Å². The summed E-state index contributed by atoms with van der Waals surface area (Å²) in [7, 11) is 0. The van der Waals surface area contributed by atoms with E-state index in [1.165, 1.54) is 11.8 Å². The first-order valence-electron chi connectivity index (χ1n) is 6.11. The molecule has 0 radical (unpaired) electrons. The second kappa shape index (κ2) is 7.99. The third-order valence-electron chi connectivity index (χ3n) is 2.49. The highest BCUT2D eigenvalue weighted by Gasteiger charge is 2.17. The quantitative estimate of drug-likeness (QED) is 0.503. The minimum atomic E-state index is -0.300. The first-order valence-corrected chi connectivity index (χ1v) is 8.48. The van der Waals surface area contributed by atoms with Gasteiger partial charge in [0.15, 0.2) is 0 Å². The molecule has 0 bridgehead atoms. The number of thioether (sulfide) groups is 1. The van der Waals surface area contributed by atoms with E-state index in [4.69, 9.17) is 27.4 Å². The monoisotopic (exact) mass is 358 g/mol. The summed E-state index contributed by atoms with van der Waals surface area (Å²) in [4.78, 5) is 13.7. The molecule has 2 aromatic carbocycles. The largest absolute Gasteiger partial charge is 0.385 e. The first kappa shape index (κ1) is 16.6. The van der Waals surface area contributed by atoms with Crippen molar-refractivity contribution in [2.75, 3.05) is 0 Å². The van der Waals surface area contributed by atoms with Crippen LogP contribution >= 0.6 is 47.0 Å². The molecule has 1 unspecified atom stereocenters. The fourth-order valence-electron chi connectivity index (χ4n) is 1.41. The molecule has 6 heteroatoms. The van der Waals surface area contributed by atoms with E-state index in [0.29, 0.717) is 10.0 Å². The third-order valence-corrected chi connectivity index (χ3v) is 4.80. The molecule has 2 nitrogen and oxygen atoms in total. The maximum Gasteiger partial charge on any atom is 0.331 e. The Bertz CT molecular complexity index is 600. The molecule has 0 spiro atoms. The fourth-order valence-corrected chi connectivity index (χ4v) is 3.14. The number of halogens is 2. The molecule has 0 aliphatic rings. The van der Waals surface area contributed by atoms with E-state index in [9.17, 15) is 4.79 Å². The van der Waals surface area contributed by atoms with Crippen molar-refractivity contribution in [2.24, 2.45) is 0 Å². The normalized spacial score (nSPS) is 12.0. The predicted molar refractivity (Wildman–Crippen MR) is 90.2 cm³/mol. The third kappa shape index (κ3) is 5.47. The van der Waals surface area contributed by atoms with Gasteiger partial charge in [-0.3, -0.25) is 0 Å². The van der Waals surface area contributed by atoms with Gasteiger partial charge >= 0.3 is 5.97 Å². The summed E-state index contributed by atoms with van der Waals surface area (Å²) in [5.41, 5.74) is 0. The summed E-state index contributed by atoms with van der Waals surface area (Å²) < 4.78 is 5.21. The molecule has 0 N–H and O–H groups in total. The van der Waals surface area contributed by atoms with E-state index in [2.05, 4.69) is 0 Å². The highest BCUT2D eigenvalue weighted by Crippen LogP contribution is 2.28. The van der Waals surface area contributed by atoms with Crippen molar-refractivity contribution in [2.45, 2.75) is 22.0 Å². The average molecular weight is 359 g/mol. The Kier molecular flexibility index (Phi) is 6.30. The van der Waals surface area contributed by atoms with Gasteiger partial charge in [0.2, 0.25) is 0 Å². The molecule has 0 fully saturated rings. The molecule has 0 aliphatic carbocycles. The van der Waals surface area contributed by atoms with Crippen LogP contribution in [0.5, 0.6) is 0 Å². The van der Waals surface area contributed by atoms with E-state index in [0.717, 1.165) is 21.8 Å². The average Bonchev–Trinajstić information content (AvgIpc) is 2.48. The highest BCUT2D eigenvalue weighted by atomic mass is 35.5. The Hall–Kier alpha value is -0.810. The molecule has 1 atom stereocenters. The molecule has 110 valence electrons. The van der Waals surface area contributed by atoms with Crippen LogP contribution in [0.25, 0.3) is 0 Å². The van der Waals surface area contributed by atoms with Crippen molar-refractivity contribution in [1.82, 2.24) is 0 Å². The molecule has 2 aromatic rings. The van der Waals surface area contributed by atoms with Crippen LogP contribution in [0, 0.1) is 0 Å². The molecule has 2 rings (SSSR count). The minimum absolute atomic E-state index is 0.282. The SMILES string of the molecule is CC(Sc1ccc(Cl)cc1)C(=O)OSc1ccc(Cl)cc1. The smallest absolute Gasteiger partial charge is 0.331 e. The minimum Gasteiger partial charge on any atom is -0.385 e. The van der Waals surface area contributed by atoms with Crippen molar-refractivity contribution in [3.05, 3.63) is 58.6 Å². The standard InChI is InChI=1S/C15H12Cl2O2S2/c1-10(20-13-6-2-11(16)3-7-13)15(18)19-21-14-8-4-12(17)5-9-14/h2-10H,1H3. The van der Waals surface area contributed by atoms with Crippen LogP contribution in [0.4, 0.5) is 0 Å². The zero-order valence-corrected chi connectivity index (χ0v) is 14.2. The maximum atomic E-state index is 11.9. The van der Waals surface area contributed by atoms with Gasteiger partial charge in [-0.05, 0) is 55.5 Å². The van der Waals surface area contributed by atoms with Gasteiger partial charge in [0.1, 0.15) is 5.25 Å². The number of hydrogen-bond donors (Lipinski definition) is 0. The van der Waals surface area contributed by atoms with Crippen LogP contribution in [0.3, 0.4) is 0 Å². The molecule has 0 amide bonds. The van der Waals surface area contributed by atoms with E-state index < -0.39 is 0 Å². The van der Waals surface area contributed by atoms with Crippen LogP contribution in [-0.4, -0.2) is 11.2 Å². The van der Waals surface area contributed by atoms with Crippen molar-refractivity contribution >= 4 is 53.0 Å². The molecule has 0 aliphatic heterocycles. The summed E-state index contributed by atoms with van der Waals surface area (Å²) in [5.74, 6) is -0.282. The second-order valence-electron chi connectivity index (χ2n) is 4.15. The zero-order valence-electron chi connectivity index (χ0n) is 11.1. The first-order chi connectivity index (χ1) is 10.0. The van der Waals surface area contributed by atoms with Crippen molar-refractivity contribution in [3.8, 4) is 0 Å². The topological polar surface area (TPSA) is 26.3 Å². The number of rotatable bonds is 5. The summed E-state index contributed by atoms with van der Waals surface area (Å²) >= 11 is 14.1. The Labute approximate surface area is 142 Å². The van der Waals surface area contributed by atoms with E-state index in [1.807, 2.05) is 19.1 Å². The lowest BCUT2D eigenvalue weighted by molar-refractivity contribution is -0.132. The van der Waals surface area contributed by atoms with Gasteiger partial charge in [0, 0.05) is 19.8 Å². The van der Waals surface area contributed by atoms with E-state index in [-0.39, 0.29) is 11.2 Å². The molecular weight excluding hydrogens is 347 g/mol. The van der Waals surface area contributed by atoms with Gasteiger partial charge in [-0.25, -0.2) is 4.79 Å². The van der Waals surface area contributed by atoms with Crippen LogP contribution in [0.15, 0.2) is 58.3 Å². The Balaban J connectivity index is 1.84. The van der Waals surface area contributed by atoms with Gasteiger partial charge in [0.25, 0.3) is 0 Å². The second-order valence-corrected chi connectivity index (χ2v) is 7.25. The fraction of sp³-hybridized carbons (Fsp3) is 0.133. The molecule has 0 saturated heterocycles. The van der Waals surface area contributed by atoms with Gasteiger partial charge in [-0.15, -0.1) is 11.8 Å². The maximum absolute atomic E-state index is 11.9. The van der Waals surface area contributed by atoms with Gasteiger partial charge in [-0.1, -0.05) is 23.2 Å². The summed E-state index contributed by atoms with van der Waals surface area (Å²) in [6, 6.07) is 14.5. The van der Waals surface area contributed by atoms with Gasteiger partial charge < -0.3 is 4.18 Å². The summed E-state index contributed by atoms with van der Waals surface area (Å²) in [6.07, 6.45) is 0. The zero-order chi connectivity index (χ0) is 15.2.